The smallest absolute Gasteiger partial charge is 0.260 e. The maximum atomic E-state index is 13.7. The zero-order chi connectivity index (χ0) is 26.7. The second-order valence-electron chi connectivity index (χ2n) is 11.7. The van der Waals surface area contributed by atoms with Crippen molar-refractivity contribution >= 4 is 39.7 Å². The summed E-state index contributed by atoms with van der Waals surface area (Å²) in [5.41, 5.74) is 2.48. The largest absolute Gasteiger partial charge is 0.463 e. The van der Waals surface area contributed by atoms with Crippen LogP contribution in [0.1, 0.15) is 69.1 Å². The van der Waals surface area contributed by atoms with Gasteiger partial charge in [0.05, 0.1) is 21.9 Å². The molecule has 0 unspecified atom stereocenters. The molecule has 6 heteroatoms. The van der Waals surface area contributed by atoms with Gasteiger partial charge in [-0.2, -0.15) is 0 Å². The minimum atomic E-state index is -0.486. The van der Waals surface area contributed by atoms with Gasteiger partial charge in [-0.05, 0) is 69.9 Å². The van der Waals surface area contributed by atoms with E-state index in [0.29, 0.717) is 21.9 Å². The molecule has 0 bridgehead atoms. The number of hydrogen-bond acceptors (Lipinski definition) is 6. The summed E-state index contributed by atoms with van der Waals surface area (Å²) in [5.74, 6) is 0.725. The second kappa shape index (κ2) is 8.58. The molecule has 0 spiro atoms. The van der Waals surface area contributed by atoms with Crippen molar-refractivity contribution in [1.29, 1.82) is 0 Å². The van der Waals surface area contributed by atoms with E-state index in [1.165, 1.54) is 6.26 Å². The number of nitrogens with zero attached hydrogens (tertiary/aromatic N) is 1. The Kier molecular flexibility index (Phi) is 5.74. The quantitative estimate of drug-likeness (QED) is 0.304. The highest BCUT2D eigenvalue weighted by atomic mass is 16.5. The van der Waals surface area contributed by atoms with E-state index < -0.39 is 5.54 Å². The van der Waals surface area contributed by atoms with Crippen LogP contribution in [0.25, 0.3) is 33.8 Å². The summed E-state index contributed by atoms with van der Waals surface area (Å²) in [7, 11) is 0. The molecule has 0 saturated carbocycles. The van der Waals surface area contributed by atoms with Crippen LogP contribution in [0.3, 0.4) is 0 Å². The summed E-state index contributed by atoms with van der Waals surface area (Å²) >= 11 is 0. The number of aliphatic imine (C=N–C) groups is 1. The van der Waals surface area contributed by atoms with Crippen LogP contribution in [-0.2, 0) is 4.74 Å². The Balaban J connectivity index is 1.74. The molecule has 4 aromatic rings. The first-order valence-corrected chi connectivity index (χ1v) is 12.4. The summed E-state index contributed by atoms with van der Waals surface area (Å²) in [6.07, 6.45) is 3.72. The molecule has 0 radical (unpaired) electrons. The van der Waals surface area contributed by atoms with Gasteiger partial charge >= 0.3 is 0 Å². The molecule has 190 valence electrons. The molecule has 1 aliphatic rings. The zero-order valence-corrected chi connectivity index (χ0v) is 22.3. The monoisotopic (exact) mass is 497 g/mol. The molecule has 3 heterocycles. The SMILES string of the molecule is Cc1ccc2occ(/C=C3\OC(=NC(C)(C)CC(C)(C)C)c4oc5ccc(C)cc5c(=O)c43)c(=O)c2c1. The van der Waals surface area contributed by atoms with Crippen LogP contribution in [0.5, 0.6) is 0 Å². The molecule has 0 N–H and O–H groups in total. The molecule has 6 nitrogen and oxygen atoms in total. The van der Waals surface area contributed by atoms with E-state index in [-0.39, 0.29) is 44.8 Å². The summed E-state index contributed by atoms with van der Waals surface area (Å²) in [6.45, 7) is 14.4. The van der Waals surface area contributed by atoms with Gasteiger partial charge in [0.1, 0.15) is 28.8 Å². The Hall–Kier alpha value is -3.93. The fraction of sp³-hybridized carbons (Fsp3) is 0.323. The van der Waals surface area contributed by atoms with Crippen LogP contribution >= 0.6 is 0 Å². The Bertz CT molecular complexity index is 1740. The number of rotatable bonds is 3. The molecule has 0 fully saturated rings. The van der Waals surface area contributed by atoms with Crippen molar-refractivity contribution in [3.8, 4) is 0 Å². The van der Waals surface area contributed by atoms with Gasteiger partial charge in [0.15, 0.2) is 5.43 Å². The lowest BCUT2D eigenvalue weighted by atomic mass is 9.82. The van der Waals surface area contributed by atoms with E-state index in [4.69, 9.17) is 18.6 Å². The normalized spacial score (nSPS) is 16.1. The molecule has 0 amide bonds. The van der Waals surface area contributed by atoms with Crippen molar-refractivity contribution < 1.29 is 13.6 Å². The molecule has 5 rings (SSSR count). The van der Waals surface area contributed by atoms with Crippen molar-refractivity contribution in [2.75, 3.05) is 0 Å². The van der Waals surface area contributed by atoms with Gasteiger partial charge in [-0.15, -0.1) is 0 Å². The molecule has 2 aromatic carbocycles. The minimum Gasteiger partial charge on any atom is -0.463 e. The van der Waals surface area contributed by atoms with Gasteiger partial charge in [-0.25, -0.2) is 4.99 Å². The van der Waals surface area contributed by atoms with Crippen LogP contribution < -0.4 is 10.9 Å². The van der Waals surface area contributed by atoms with Crippen molar-refractivity contribution in [2.24, 2.45) is 10.4 Å². The van der Waals surface area contributed by atoms with E-state index in [9.17, 15) is 9.59 Å². The summed E-state index contributed by atoms with van der Waals surface area (Å²) in [5, 5.41) is 0.915. The number of benzene rings is 2. The Morgan fingerprint density at radius 3 is 2.14 bits per heavy atom. The van der Waals surface area contributed by atoms with Crippen LogP contribution in [0.4, 0.5) is 0 Å². The first-order chi connectivity index (χ1) is 17.3. The van der Waals surface area contributed by atoms with Crippen LogP contribution in [0.15, 0.2) is 66.1 Å². The average Bonchev–Trinajstić information content (AvgIpc) is 3.11. The van der Waals surface area contributed by atoms with E-state index in [1.54, 1.807) is 30.3 Å². The Morgan fingerprint density at radius 1 is 0.865 bits per heavy atom. The third-order valence-electron chi connectivity index (χ3n) is 6.30. The Morgan fingerprint density at radius 2 is 1.49 bits per heavy atom. The molecule has 2 aromatic heterocycles. The second-order valence-corrected chi connectivity index (χ2v) is 11.7. The predicted octanol–water partition coefficient (Wildman–Crippen LogP) is 7.01. The number of aryl methyl sites for hydroxylation is 2. The third kappa shape index (κ3) is 4.76. The maximum Gasteiger partial charge on any atom is 0.260 e. The fourth-order valence-corrected chi connectivity index (χ4v) is 5.17. The average molecular weight is 498 g/mol. The van der Waals surface area contributed by atoms with E-state index in [0.717, 1.165) is 17.5 Å². The summed E-state index contributed by atoms with van der Waals surface area (Å²) in [4.78, 5) is 31.9. The predicted molar refractivity (Wildman–Crippen MR) is 148 cm³/mol. The van der Waals surface area contributed by atoms with Gasteiger partial charge in [-0.3, -0.25) is 9.59 Å². The van der Waals surface area contributed by atoms with E-state index >= 15 is 0 Å². The number of hydrogen-bond donors (Lipinski definition) is 0. The standard InChI is InChI=1S/C31H31NO5/c1-17-8-10-22-20(12-17)26(33)19(15-35-22)14-24-25-27(34)21-13-18(2)9-11-23(21)36-28(25)29(37-24)32-31(6,7)16-30(3,4)5/h8-15H,16H2,1-7H3/b24-14-,32-29?. The van der Waals surface area contributed by atoms with Crippen molar-refractivity contribution in [2.45, 2.75) is 60.4 Å². The van der Waals surface area contributed by atoms with Crippen LogP contribution in [0, 0.1) is 19.3 Å². The molecule has 0 atom stereocenters. The van der Waals surface area contributed by atoms with Crippen LogP contribution in [0.2, 0.25) is 0 Å². The highest BCUT2D eigenvalue weighted by Gasteiger charge is 2.35. The first-order valence-electron chi connectivity index (χ1n) is 12.4. The number of fused-ring (bicyclic) bond motifs is 3. The topological polar surface area (TPSA) is 82.0 Å². The lowest BCUT2D eigenvalue weighted by Crippen LogP contribution is -2.26. The van der Waals surface area contributed by atoms with Crippen molar-refractivity contribution in [1.82, 2.24) is 0 Å². The Labute approximate surface area is 215 Å². The number of ether oxygens (including phenoxy) is 1. The first kappa shape index (κ1) is 24.8. The van der Waals surface area contributed by atoms with Gasteiger partial charge in [-0.1, -0.05) is 44.0 Å². The molecule has 1 aliphatic heterocycles. The maximum absolute atomic E-state index is 13.7. The zero-order valence-electron chi connectivity index (χ0n) is 22.3. The lowest BCUT2D eigenvalue weighted by Gasteiger charge is -2.29. The van der Waals surface area contributed by atoms with Gasteiger partial charge in [0.2, 0.25) is 11.2 Å². The highest BCUT2D eigenvalue weighted by Crippen LogP contribution is 2.36. The molecule has 0 saturated heterocycles. The summed E-state index contributed by atoms with van der Waals surface area (Å²) in [6, 6.07) is 10.9. The van der Waals surface area contributed by atoms with E-state index in [2.05, 4.69) is 20.8 Å². The van der Waals surface area contributed by atoms with Gasteiger partial charge in [0.25, 0.3) is 5.90 Å². The van der Waals surface area contributed by atoms with E-state index in [1.807, 2.05) is 39.8 Å². The summed E-state index contributed by atoms with van der Waals surface area (Å²) < 4.78 is 18.1. The minimum absolute atomic E-state index is 0.0254. The third-order valence-corrected chi connectivity index (χ3v) is 6.30. The highest BCUT2D eigenvalue weighted by molar-refractivity contribution is 6.08. The van der Waals surface area contributed by atoms with Gasteiger partial charge in [0, 0.05) is 0 Å². The molecule has 37 heavy (non-hydrogen) atoms. The fourth-order valence-electron chi connectivity index (χ4n) is 5.17. The lowest BCUT2D eigenvalue weighted by molar-refractivity contribution is 0.285. The van der Waals surface area contributed by atoms with Crippen molar-refractivity contribution in [3.63, 3.8) is 0 Å². The van der Waals surface area contributed by atoms with Crippen LogP contribution in [-0.4, -0.2) is 11.4 Å². The van der Waals surface area contributed by atoms with Crippen molar-refractivity contribution in [3.05, 3.63) is 91.1 Å². The molecular formula is C31H31NO5. The molecule has 0 aliphatic carbocycles. The van der Waals surface area contributed by atoms with Gasteiger partial charge < -0.3 is 13.6 Å². The molecular weight excluding hydrogens is 466 g/mol.